The molecule has 1 heterocycles. The fourth-order valence-electron chi connectivity index (χ4n) is 2.41. The van der Waals surface area contributed by atoms with Crippen LogP contribution in [-0.4, -0.2) is 18.0 Å². The standard InChI is InChI=1S/C14H22N2OS/c1-11(15-10-13-8-5-9-18-13)14(17)16-12-6-3-2-4-7-12/h5,8-9,11-12,15H,2-4,6-7,10H2,1H3,(H,16,17)/p+1/t11-/m1/s1. The first-order valence-electron chi connectivity index (χ1n) is 6.92. The van der Waals surface area contributed by atoms with Crippen LogP contribution < -0.4 is 10.6 Å². The average Bonchev–Trinajstić information content (AvgIpc) is 2.90. The fourth-order valence-corrected chi connectivity index (χ4v) is 3.09. The summed E-state index contributed by atoms with van der Waals surface area (Å²) >= 11 is 1.75. The summed E-state index contributed by atoms with van der Waals surface area (Å²) in [6.45, 7) is 2.89. The third-order valence-electron chi connectivity index (χ3n) is 3.62. The van der Waals surface area contributed by atoms with E-state index in [2.05, 4.69) is 28.1 Å². The normalized spacial score (nSPS) is 18.5. The summed E-state index contributed by atoms with van der Waals surface area (Å²) in [4.78, 5) is 13.4. The van der Waals surface area contributed by atoms with E-state index < -0.39 is 0 Å². The lowest BCUT2D eigenvalue weighted by molar-refractivity contribution is -0.688. The molecule has 0 saturated heterocycles. The van der Waals surface area contributed by atoms with Crippen molar-refractivity contribution in [3.8, 4) is 0 Å². The fraction of sp³-hybridized carbons (Fsp3) is 0.643. The Kier molecular flexibility index (Phi) is 5.20. The van der Waals surface area contributed by atoms with E-state index in [0.29, 0.717) is 6.04 Å². The second-order valence-corrected chi connectivity index (χ2v) is 6.18. The molecular formula is C14H23N2OS+. The Bertz CT molecular complexity index is 358. The molecular weight excluding hydrogens is 244 g/mol. The van der Waals surface area contributed by atoms with Gasteiger partial charge in [0, 0.05) is 6.04 Å². The van der Waals surface area contributed by atoms with E-state index in [1.54, 1.807) is 11.3 Å². The first-order valence-corrected chi connectivity index (χ1v) is 7.80. The van der Waals surface area contributed by atoms with Gasteiger partial charge in [-0.15, -0.1) is 11.3 Å². The van der Waals surface area contributed by atoms with Gasteiger partial charge in [0.05, 0.1) is 4.88 Å². The summed E-state index contributed by atoms with van der Waals surface area (Å²) < 4.78 is 0. The number of thiophene rings is 1. The van der Waals surface area contributed by atoms with Crippen molar-refractivity contribution >= 4 is 17.2 Å². The lowest BCUT2D eigenvalue weighted by atomic mass is 9.95. The van der Waals surface area contributed by atoms with Crippen LogP contribution in [0.5, 0.6) is 0 Å². The highest BCUT2D eigenvalue weighted by molar-refractivity contribution is 7.09. The highest BCUT2D eigenvalue weighted by Gasteiger charge is 2.21. The van der Waals surface area contributed by atoms with Gasteiger partial charge < -0.3 is 10.6 Å². The molecule has 1 atom stereocenters. The molecule has 1 amide bonds. The number of carbonyl (C=O) groups excluding carboxylic acids is 1. The number of nitrogens with two attached hydrogens (primary N) is 1. The average molecular weight is 267 g/mol. The highest BCUT2D eigenvalue weighted by Crippen LogP contribution is 2.17. The number of rotatable bonds is 5. The van der Waals surface area contributed by atoms with Gasteiger partial charge in [-0.25, -0.2) is 0 Å². The van der Waals surface area contributed by atoms with E-state index in [-0.39, 0.29) is 11.9 Å². The molecule has 1 aromatic heterocycles. The summed E-state index contributed by atoms with van der Waals surface area (Å²) in [5.74, 6) is 0.193. The molecule has 1 fully saturated rings. The molecule has 3 N–H and O–H groups in total. The van der Waals surface area contributed by atoms with Gasteiger partial charge in [0.15, 0.2) is 6.04 Å². The zero-order chi connectivity index (χ0) is 12.8. The molecule has 1 aliphatic rings. The predicted molar refractivity (Wildman–Crippen MR) is 74.4 cm³/mol. The number of hydrogen-bond donors (Lipinski definition) is 2. The van der Waals surface area contributed by atoms with Crippen LogP contribution in [-0.2, 0) is 11.3 Å². The second kappa shape index (κ2) is 6.90. The number of hydrogen-bond acceptors (Lipinski definition) is 2. The maximum Gasteiger partial charge on any atom is 0.278 e. The van der Waals surface area contributed by atoms with E-state index in [1.807, 2.05) is 6.92 Å². The van der Waals surface area contributed by atoms with Crippen molar-refractivity contribution in [2.24, 2.45) is 0 Å². The molecule has 0 aromatic carbocycles. The Morgan fingerprint density at radius 1 is 1.50 bits per heavy atom. The molecule has 2 rings (SSSR count). The van der Waals surface area contributed by atoms with Gasteiger partial charge in [0.25, 0.3) is 5.91 Å². The van der Waals surface area contributed by atoms with E-state index in [9.17, 15) is 4.79 Å². The van der Waals surface area contributed by atoms with Crippen LogP contribution >= 0.6 is 11.3 Å². The Hall–Kier alpha value is -0.870. The molecule has 0 aliphatic heterocycles. The minimum absolute atomic E-state index is 0.00836. The smallest absolute Gasteiger partial charge is 0.278 e. The van der Waals surface area contributed by atoms with E-state index >= 15 is 0 Å². The summed E-state index contributed by atoms with van der Waals surface area (Å²) in [7, 11) is 0. The molecule has 1 aliphatic carbocycles. The third-order valence-corrected chi connectivity index (χ3v) is 4.52. The first kappa shape index (κ1) is 13.6. The van der Waals surface area contributed by atoms with Crippen LogP contribution in [0.25, 0.3) is 0 Å². The maximum atomic E-state index is 12.0. The summed E-state index contributed by atoms with van der Waals surface area (Å²) in [6.07, 6.45) is 6.16. The van der Waals surface area contributed by atoms with Crippen molar-refractivity contribution < 1.29 is 10.1 Å². The Balaban J connectivity index is 1.70. The van der Waals surface area contributed by atoms with Crippen molar-refractivity contribution in [2.45, 2.75) is 57.7 Å². The summed E-state index contributed by atoms with van der Waals surface area (Å²) in [5, 5.41) is 7.38. The van der Waals surface area contributed by atoms with Crippen LogP contribution in [0.15, 0.2) is 17.5 Å². The van der Waals surface area contributed by atoms with Gasteiger partial charge in [-0.2, -0.15) is 0 Å². The van der Waals surface area contributed by atoms with Gasteiger partial charge in [-0.05, 0) is 31.2 Å². The van der Waals surface area contributed by atoms with Gasteiger partial charge >= 0.3 is 0 Å². The van der Waals surface area contributed by atoms with E-state index in [0.717, 1.165) is 19.4 Å². The molecule has 3 nitrogen and oxygen atoms in total. The largest absolute Gasteiger partial charge is 0.348 e. The SMILES string of the molecule is C[C@@H]([NH2+]Cc1cccs1)C(=O)NC1CCCCC1. The first-order chi connectivity index (χ1) is 8.75. The van der Waals surface area contributed by atoms with Gasteiger partial charge in [-0.1, -0.05) is 25.3 Å². The van der Waals surface area contributed by atoms with Gasteiger partial charge in [-0.3, -0.25) is 4.79 Å². The van der Waals surface area contributed by atoms with Gasteiger partial charge in [0.1, 0.15) is 6.54 Å². The summed E-state index contributed by atoms with van der Waals surface area (Å²) in [6, 6.07) is 4.60. The molecule has 100 valence electrons. The number of nitrogens with one attached hydrogen (secondary N) is 1. The highest BCUT2D eigenvalue weighted by atomic mass is 32.1. The zero-order valence-electron chi connectivity index (χ0n) is 11.0. The zero-order valence-corrected chi connectivity index (χ0v) is 11.8. The van der Waals surface area contributed by atoms with Crippen LogP contribution in [0.2, 0.25) is 0 Å². The Labute approximate surface area is 113 Å². The van der Waals surface area contributed by atoms with Crippen molar-refractivity contribution in [1.29, 1.82) is 0 Å². The number of carbonyl (C=O) groups is 1. The molecule has 0 unspecified atom stereocenters. The topological polar surface area (TPSA) is 45.7 Å². The van der Waals surface area contributed by atoms with Crippen molar-refractivity contribution in [3.05, 3.63) is 22.4 Å². The predicted octanol–water partition coefficient (Wildman–Crippen LogP) is 1.65. The van der Waals surface area contributed by atoms with Crippen LogP contribution in [0.3, 0.4) is 0 Å². The van der Waals surface area contributed by atoms with Gasteiger partial charge in [0.2, 0.25) is 0 Å². The molecule has 1 aromatic rings. The molecule has 0 radical (unpaired) electrons. The van der Waals surface area contributed by atoms with Crippen LogP contribution in [0, 0.1) is 0 Å². The number of amides is 1. The maximum absolute atomic E-state index is 12.0. The monoisotopic (exact) mass is 267 g/mol. The summed E-state index contributed by atoms with van der Waals surface area (Å²) in [5.41, 5.74) is 0. The Morgan fingerprint density at radius 2 is 2.28 bits per heavy atom. The molecule has 18 heavy (non-hydrogen) atoms. The Morgan fingerprint density at radius 3 is 2.94 bits per heavy atom. The van der Waals surface area contributed by atoms with Crippen molar-refractivity contribution in [3.63, 3.8) is 0 Å². The molecule has 0 spiro atoms. The molecule has 0 bridgehead atoms. The van der Waals surface area contributed by atoms with Crippen molar-refractivity contribution in [2.75, 3.05) is 0 Å². The number of quaternary nitrogens is 1. The van der Waals surface area contributed by atoms with E-state index in [4.69, 9.17) is 0 Å². The lowest BCUT2D eigenvalue weighted by Gasteiger charge is -2.23. The van der Waals surface area contributed by atoms with Crippen LogP contribution in [0.4, 0.5) is 0 Å². The molecule has 1 saturated carbocycles. The minimum atomic E-state index is 0.00836. The van der Waals surface area contributed by atoms with Crippen molar-refractivity contribution in [1.82, 2.24) is 5.32 Å². The van der Waals surface area contributed by atoms with Crippen LogP contribution in [0.1, 0.15) is 43.9 Å². The minimum Gasteiger partial charge on any atom is -0.348 e. The quantitative estimate of drug-likeness (QED) is 0.837. The third kappa shape index (κ3) is 4.10. The molecule has 4 heteroatoms. The second-order valence-electron chi connectivity index (χ2n) is 5.15. The van der Waals surface area contributed by atoms with E-state index in [1.165, 1.54) is 24.1 Å². The lowest BCUT2D eigenvalue weighted by Crippen LogP contribution is -2.90.